The summed E-state index contributed by atoms with van der Waals surface area (Å²) in [6.45, 7) is 2.73. The fourth-order valence-corrected chi connectivity index (χ4v) is 2.16. The molecule has 1 heterocycles. The van der Waals surface area contributed by atoms with E-state index in [-0.39, 0.29) is 18.5 Å². The van der Waals surface area contributed by atoms with E-state index in [0.29, 0.717) is 38.4 Å². The Morgan fingerprint density at radius 3 is 3.06 bits per heavy atom. The van der Waals surface area contributed by atoms with Crippen LogP contribution in [0.5, 0.6) is 0 Å². The van der Waals surface area contributed by atoms with Crippen LogP contribution in [0.25, 0.3) is 0 Å². The number of ether oxygens (including phenoxy) is 1. The maximum absolute atomic E-state index is 13.7. The van der Waals surface area contributed by atoms with E-state index in [1.54, 1.807) is 12.1 Å². The Hall–Kier alpha value is -1.01. The number of nitrogens with two attached hydrogens (primary N) is 1. The molecule has 0 saturated carbocycles. The third-order valence-corrected chi connectivity index (χ3v) is 3.28. The molecule has 100 valence electrons. The zero-order valence-electron chi connectivity index (χ0n) is 10.3. The van der Waals surface area contributed by atoms with Crippen molar-refractivity contribution in [2.24, 2.45) is 5.73 Å². The van der Waals surface area contributed by atoms with Crippen LogP contribution in [-0.2, 0) is 17.8 Å². The van der Waals surface area contributed by atoms with Crippen LogP contribution in [-0.4, -0.2) is 42.4 Å². The number of halogens is 1. The lowest BCUT2D eigenvalue weighted by molar-refractivity contribution is -0.0316. The van der Waals surface area contributed by atoms with Crippen molar-refractivity contribution in [3.8, 4) is 0 Å². The minimum atomic E-state index is -0.226. The lowest BCUT2D eigenvalue weighted by atomic mass is 10.1. The molecule has 0 bridgehead atoms. The first-order valence-corrected chi connectivity index (χ1v) is 6.14. The molecule has 1 unspecified atom stereocenters. The van der Waals surface area contributed by atoms with Gasteiger partial charge in [0.1, 0.15) is 5.82 Å². The molecule has 1 atom stereocenters. The summed E-state index contributed by atoms with van der Waals surface area (Å²) >= 11 is 0. The van der Waals surface area contributed by atoms with Gasteiger partial charge in [-0.1, -0.05) is 12.1 Å². The average molecular weight is 254 g/mol. The van der Waals surface area contributed by atoms with Crippen molar-refractivity contribution in [3.63, 3.8) is 0 Å². The van der Waals surface area contributed by atoms with Crippen molar-refractivity contribution < 1.29 is 14.2 Å². The maximum Gasteiger partial charge on any atom is 0.127 e. The Balaban J connectivity index is 2.11. The molecule has 1 aliphatic heterocycles. The summed E-state index contributed by atoms with van der Waals surface area (Å²) in [5, 5.41) is 9.27. The standard InChI is InChI=1S/C13H19FN2O2/c14-13-2-1-10(6-15)5-11(13)7-16-3-4-18-9-12(16)8-17/h1-2,5,12,17H,3-4,6-9,15H2. The second-order valence-electron chi connectivity index (χ2n) is 4.51. The molecule has 0 amide bonds. The highest BCUT2D eigenvalue weighted by Gasteiger charge is 2.23. The average Bonchev–Trinajstić information content (AvgIpc) is 2.42. The maximum atomic E-state index is 13.7. The number of nitrogens with zero attached hydrogens (tertiary/aromatic N) is 1. The summed E-state index contributed by atoms with van der Waals surface area (Å²) in [6.07, 6.45) is 0. The topological polar surface area (TPSA) is 58.7 Å². The molecule has 0 spiro atoms. The van der Waals surface area contributed by atoms with Crippen LogP contribution >= 0.6 is 0 Å². The number of hydrogen-bond donors (Lipinski definition) is 2. The van der Waals surface area contributed by atoms with Crippen molar-refractivity contribution >= 4 is 0 Å². The van der Waals surface area contributed by atoms with Gasteiger partial charge in [0, 0.05) is 25.2 Å². The predicted molar refractivity (Wildman–Crippen MR) is 66.4 cm³/mol. The van der Waals surface area contributed by atoms with Crippen molar-refractivity contribution in [2.75, 3.05) is 26.4 Å². The number of morpholine rings is 1. The molecular formula is C13H19FN2O2. The fourth-order valence-electron chi connectivity index (χ4n) is 2.16. The van der Waals surface area contributed by atoms with Gasteiger partial charge in [-0.3, -0.25) is 4.90 Å². The van der Waals surface area contributed by atoms with Gasteiger partial charge >= 0.3 is 0 Å². The molecule has 5 heteroatoms. The molecular weight excluding hydrogens is 235 g/mol. The van der Waals surface area contributed by atoms with E-state index < -0.39 is 0 Å². The quantitative estimate of drug-likeness (QED) is 0.820. The Morgan fingerprint density at radius 1 is 1.50 bits per heavy atom. The number of aliphatic hydroxyl groups is 1. The summed E-state index contributed by atoms with van der Waals surface area (Å²) in [4.78, 5) is 2.04. The van der Waals surface area contributed by atoms with Crippen molar-refractivity contribution in [1.29, 1.82) is 0 Å². The van der Waals surface area contributed by atoms with Gasteiger partial charge < -0.3 is 15.6 Å². The number of benzene rings is 1. The van der Waals surface area contributed by atoms with E-state index in [2.05, 4.69) is 0 Å². The summed E-state index contributed by atoms with van der Waals surface area (Å²) in [7, 11) is 0. The summed E-state index contributed by atoms with van der Waals surface area (Å²) < 4.78 is 19.0. The zero-order valence-corrected chi connectivity index (χ0v) is 10.3. The van der Waals surface area contributed by atoms with Crippen LogP contribution in [0.2, 0.25) is 0 Å². The Bertz CT molecular complexity index is 401. The van der Waals surface area contributed by atoms with Gasteiger partial charge in [0.2, 0.25) is 0 Å². The highest BCUT2D eigenvalue weighted by Crippen LogP contribution is 2.16. The number of rotatable bonds is 4. The first kappa shape index (κ1) is 13.4. The smallest absolute Gasteiger partial charge is 0.127 e. The van der Waals surface area contributed by atoms with E-state index >= 15 is 0 Å². The molecule has 3 N–H and O–H groups in total. The predicted octanol–water partition coefficient (Wildman–Crippen LogP) is 0.477. The molecule has 0 radical (unpaired) electrons. The highest BCUT2D eigenvalue weighted by atomic mass is 19.1. The van der Waals surface area contributed by atoms with Crippen molar-refractivity contribution in [2.45, 2.75) is 19.1 Å². The Morgan fingerprint density at radius 2 is 2.33 bits per heavy atom. The molecule has 1 aliphatic rings. The Kier molecular flexibility index (Phi) is 4.66. The molecule has 1 aromatic carbocycles. The van der Waals surface area contributed by atoms with Crippen LogP contribution in [0.3, 0.4) is 0 Å². The van der Waals surface area contributed by atoms with Crippen molar-refractivity contribution in [3.05, 3.63) is 35.1 Å². The molecule has 0 aliphatic carbocycles. The van der Waals surface area contributed by atoms with Gasteiger partial charge in [-0.15, -0.1) is 0 Å². The molecule has 1 aromatic rings. The van der Waals surface area contributed by atoms with Crippen LogP contribution in [0, 0.1) is 5.82 Å². The van der Waals surface area contributed by atoms with Crippen LogP contribution in [0.4, 0.5) is 4.39 Å². The van der Waals surface area contributed by atoms with E-state index in [0.717, 1.165) is 5.56 Å². The van der Waals surface area contributed by atoms with Gasteiger partial charge in [-0.25, -0.2) is 4.39 Å². The molecule has 2 rings (SSSR count). The lowest BCUT2D eigenvalue weighted by Crippen LogP contribution is -2.46. The van der Waals surface area contributed by atoms with Gasteiger partial charge in [-0.05, 0) is 11.6 Å². The summed E-state index contributed by atoms with van der Waals surface area (Å²) in [5.41, 5.74) is 7.10. The van der Waals surface area contributed by atoms with Gasteiger partial charge in [-0.2, -0.15) is 0 Å². The Labute approximate surface area is 106 Å². The van der Waals surface area contributed by atoms with E-state index in [1.807, 2.05) is 4.90 Å². The molecule has 4 nitrogen and oxygen atoms in total. The minimum Gasteiger partial charge on any atom is -0.395 e. The zero-order chi connectivity index (χ0) is 13.0. The van der Waals surface area contributed by atoms with Crippen LogP contribution in [0.15, 0.2) is 18.2 Å². The summed E-state index contributed by atoms with van der Waals surface area (Å²) in [5.74, 6) is -0.226. The third kappa shape index (κ3) is 3.05. The fraction of sp³-hybridized carbons (Fsp3) is 0.538. The second-order valence-corrected chi connectivity index (χ2v) is 4.51. The van der Waals surface area contributed by atoms with Gasteiger partial charge in [0.25, 0.3) is 0 Å². The molecule has 0 aromatic heterocycles. The summed E-state index contributed by atoms with van der Waals surface area (Å²) in [6, 6.07) is 4.88. The van der Waals surface area contributed by atoms with Crippen LogP contribution < -0.4 is 5.73 Å². The first-order valence-electron chi connectivity index (χ1n) is 6.14. The molecule has 1 saturated heterocycles. The first-order chi connectivity index (χ1) is 8.74. The lowest BCUT2D eigenvalue weighted by Gasteiger charge is -2.34. The molecule has 1 fully saturated rings. The van der Waals surface area contributed by atoms with E-state index in [9.17, 15) is 9.50 Å². The monoisotopic (exact) mass is 254 g/mol. The van der Waals surface area contributed by atoms with Gasteiger partial charge in [0.05, 0.1) is 25.9 Å². The van der Waals surface area contributed by atoms with Gasteiger partial charge in [0.15, 0.2) is 0 Å². The SMILES string of the molecule is NCc1ccc(F)c(CN2CCOCC2CO)c1. The minimum absolute atomic E-state index is 0.0260. The number of aliphatic hydroxyl groups excluding tert-OH is 1. The van der Waals surface area contributed by atoms with E-state index in [1.165, 1.54) is 6.07 Å². The van der Waals surface area contributed by atoms with Crippen LogP contribution in [0.1, 0.15) is 11.1 Å². The molecule has 18 heavy (non-hydrogen) atoms. The number of hydrogen-bond acceptors (Lipinski definition) is 4. The van der Waals surface area contributed by atoms with E-state index in [4.69, 9.17) is 10.5 Å². The largest absolute Gasteiger partial charge is 0.395 e. The van der Waals surface area contributed by atoms with Crippen molar-refractivity contribution in [1.82, 2.24) is 4.90 Å². The second kappa shape index (κ2) is 6.24. The normalized spacial score (nSPS) is 21.2. The third-order valence-electron chi connectivity index (χ3n) is 3.28. The highest BCUT2D eigenvalue weighted by molar-refractivity contribution is 5.25.